The van der Waals surface area contributed by atoms with Crippen molar-refractivity contribution in [3.05, 3.63) is 20.2 Å². The Morgan fingerprint density at radius 1 is 1.11 bits per heavy atom. The molecule has 0 aliphatic heterocycles. The first-order valence-corrected chi connectivity index (χ1v) is 4.81. The summed E-state index contributed by atoms with van der Waals surface area (Å²) in [7, 11) is 0. The zero-order chi connectivity index (χ0) is 15.0. The Labute approximate surface area is 102 Å². The van der Waals surface area contributed by atoms with Crippen LogP contribution in [-0.2, 0) is 4.74 Å². The van der Waals surface area contributed by atoms with Crippen LogP contribution in [0.4, 0.5) is 0 Å². The fourth-order valence-corrected chi connectivity index (χ4v) is 0.557. The molecule has 0 aromatic carbocycles. The molecular weight excluding hydrogens is 256 g/mol. The molecular formula is C7H18N2O9. The van der Waals surface area contributed by atoms with Crippen LogP contribution in [0.1, 0.15) is 19.8 Å². The van der Waals surface area contributed by atoms with Gasteiger partial charge in [0, 0.05) is 6.61 Å². The highest BCUT2D eigenvalue weighted by Gasteiger charge is 2.03. The maximum atomic E-state index is 8.54. The van der Waals surface area contributed by atoms with Gasteiger partial charge in [0.15, 0.2) is 0 Å². The van der Waals surface area contributed by atoms with E-state index in [-0.39, 0.29) is 19.3 Å². The highest BCUT2D eigenvalue weighted by Crippen LogP contribution is 1.93. The van der Waals surface area contributed by atoms with Gasteiger partial charge in [0.05, 0.1) is 13.2 Å². The van der Waals surface area contributed by atoms with Gasteiger partial charge in [-0.1, -0.05) is 13.3 Å². The number of hydrogen-bond acceptors (Lipinski definition) is 7. The number of nitrogens with zero attached hydrogens (tertiary/aromatic N) is 2. The van der Waals surface area contributed by atoms with Crippen LogP contribution in [0.3, 0.4) is 0 Å². The Balaban J connectivity index is -0.000000233. The summed E-state index contributed by atoms with van der Waals surface area (Å²) < 4.78 is 5.08. The minimum Gasteiger partial charge on any atom is -0.394 e. The minimum atomic E-state index is -1.50. The average Bonchev–Trinajstić information content (AvgIpc) is 2.23. The van der Waals surface area contributed by atoms with Crippen molar-refractivity contribution in [1.82, 2.24) is 0 Å². The van der Waals surface area contributed by atoms with Gasteiger partial charge in [-0.2, -0.15) is 0 Å². The molecule has 0 aliphatic carbocycles. The molecule has 0 aromatic rings. The van der Waals surface area contributed by atoms with Crippen LogP contribution in [0.25, 0.3) is 0 Å². The van der Waals surface area contributed by atoms with Gasteiger partial charge < -0.3 is 25.4 Å². The molecule has 0 bridgehead atoms. The van der Waals surface area contributed by atoms with Crippen LogP contribution in [-0.4, -0.2) is 56.7 Å². The number of aliphatic hydroxyl groups excluding tert-OH is 2. The summed E-state index contributed by atoms with van der Waals surface area (Å²) >= 11 is 0. The Hall–Kier alpha value is -1.72. The molecule has 0 amide bonds. The zero-order valence-corrected chi connectivity index (χ0v) is 9.84. The second-order valence-corrected chi connectivity index (χ2v) is 2.69. The lowest BCUT2D eigenvalue weighted by atomic mass is 10.3. The third kappa shape index (κ3) is 47.5. The van der Waals surface area contributed by atoms with Gasteiger partial charge >= 0.3 is 0 Å². The first-order valence-electron chi connectivity index (χ1n) is 4.81. The largest absolute Gasteiger partial charge is 0.394 e. The molecule has 0 atom stereocenters. The lowest BCUT2D eigenvalue weighted by molar-refractivity contribution is -0.742. The SMILES string of the molecule is CCCCOC(CO)CO.O=[N+]([O-])O.O=[N+]([O-])O. The number of aliphatic hydroxyl groups is 2. The molecule has 0 rings (SSSR count). The van der Waals surface area contributed by atoms with Crippen LogP contribution in [0.5, 0.6) is 0 Å². The topological polar surface area (TPSA) is 176 Å². The number of unbranched alkanes of at least 4 members (excludes halogenated alkanes) is 1. The second-order valence-electron chi connectivity index (χ2n) is 2.69. The molecule has 11 heteroatoms. The van der Waals surface area contributed by atoms with Crippen molar-refractivity contribution >= 4 is 0 Å². The Kier molecular flexibility index (Phi) is 21.2. The molecule has 18 heavy (non-hydrogen) atoms. The van der Waals surface area contributed by atoms with Gasteiger partial charge in [0.2, 0.25) is 0 Å². The summed E-state index contributed by atoms with van der Waals surface area (Å²) in [6.45, 7) is 2.50. The summed E-state index contributed by atoms with van der Waals surface area (Å²) in [6.07, 6.45) is 1.67. The maximum absolute atomic E-state index is 8.54. The first kappa shape index (κ1) is 21.6. The van der Waals surface area contributed by atoms with Crippen molar-refractivity contribution in [2.45, 2.75) is 25.9 Å². The second kappa shape index (κ2) is 17.7. The van der Waals surface area contributed by atoms with Crippen molar-refractivity contribution in [1.29, 1.82) is 0 Å². The fourth-order valence-electron chi connectivity index (χ4n) is 0.557. The molecule has 0 aliphatic rings. The smallest absolute Gasteiger partial charge is 0.291 e. The third-order valence-corrected chi connectivity index (χ3v) is 1.26. The lowest BCUT2D eigenvalue weighted by Crippen LogP contribution is -2.22. The molecule has 0 fully saturated rings. The third-order valence-electron chi connectivity index (χ3n) is 1.26. The van der Waals surface area contributed by atoms with E-state index >= 15 is 0 Å². The zero-order valence-electron chi connectivity index (χ0n) is 9.84. The Morgan fingerprint density at radius 2 is 1.44 bits per heavy atom. The van der Waals surface area contributed by atoms with Gasteiger partial charge in [-0.3, -0.25) is 0 Å². The lowest BCUT2D eigenvalue weighted by Gasteiger charge is -2.11. The van der Waals surface area contributed by atoms with Crippen LogP contribution in [0.2, 0.25) is 0 Å². The molecule has 11 nitrogen and oxygen atoms in total. The quantitative estimate of drug-likeness (QED) is 0.281. The molecule has 0 heterocycles. The summed E-state index contributed by atoms with van der Waals surface area (Å²) in [6, 6.07) is 0. The van der Waals surface area contributed by atoms with Crippen molar-refractivity contribution in [2.75, 3.05) is 19.8 Å². The predicted molar refractivity (Wildman–Crippen MR) is 56.4 cm³/mol. The standard InChI is InChI=1S/C7H16O3.2HNO3/c1-2-3-4-10-7(5-8)6-9;2*2-1(3)4/h7-9H,2-6H2,1H3;2*(H,2,3,4). The number of hydrogen-bond donors (Lipinski definition) is 4. The van der Waals surface area contributed by atoms with Crippen molar-refractivity contribution in [3.63, 3.8) is 0 Å². The van der Waals surface area contributed by atoms with Crippen LogP contribution in [0.15, 0.2) is 0 Å². The van der Waals surface area contributed by atoms with E-state index in [1.807, 2.05) is 0 Å². The Bertz CT molecular complexity index is 177. The molecule has 110 valence electrons. The predicted octanol–water partition coefficient (Wildman–Crippen LogP) is -0.539. The van der Waals surface area contributed by atoms with E-state index in [2.05, 4.69) is 6.92 Å². The van der Waals surface area contributed by atoms with Gasteiger partial charge in [0.25, 0.3) is 10.2 Å². The van der Waals surface area contributed by atoms with E-state index in [0.29, 0.717) is 6.61 Å². The maximum Gasteiger partial charge on any atom is 0.291 e. The van der Waals surface area contributed by atoms with Crippen LogP contribution in [0, 0.1) is 20.2 Å². The average molecular weight is 274 g/mol. The molecule has 0 unspecified atom stereocenters. The van der Waals surface area contributed by atoms with E-state index in [1.54, 1.807) is 0 Å². The number of rotatable bonds is 6. The van der Waals surface area contributed by atoms with E-state index in [4.69, 9.17) is 45.6 Å². The molecule has 0 radical (unpaired) electrons. The normalized spacial score (nSPS) is 8.67. The van der Waals surface area contributed by atoms with Crippen molar-refractivity contribution in [3.8, 4) is 0 Å². The van der Waals surface area contributed by atoms with Gasteiger partial charge in [-0.25, -0.2) is 0 Å². The highest BCUT2D eigenvalue weighted by atomic mass is 16.9. The van der Waals surface area contributed by atoms with E-state index in [1.165, 1.54) is 0 Å². The van der Waals surface area contributed by atoms with Gasteiger partial charge in [0.1, 0.15) is 6.10 Å². The summed E-state index contributed by atoms with van der Waals surface area (Å²) in [5, 5.41) is 44.4. The van der Waals surface area contributed by atoms with E-state index < -0.39 is 10.2 Å². The summed E-state index contributed by atoms with van der Waals surface area (Å²) in [4.78, 5) is 16.7. The van der Waals surface area contributed by atoms with E-state index in [9.17, 15) is 0 Å². The summed E-state index contributed by atoms with van der Waals surface area (Å²) in [5.74, 6) is 0. The minimum absolute atomic E-state index is 0.0970. The molecule has 0 aromatic heterocycles. The van der Waals surface area contributed by atoms with Gasteiger partial charge in [-0.05, 0) is 6.42 Å². The van der Waals surface area contributed by atoms with Gasteiger partial charge in [-0.15, -0.1) is 20.2 Å². The first-order chi connectivity index (χ1) is 8.31. The number of ether oxygens (including phenoxy) is 1. The molecule has 0 spiro atoms. The highest BCUT2D eigenvalue weighted by molar-refractivity contribution is 4.51. The molecule has 4 N–H and O–H groups in total. The van der Waals surface area contributed by atoms with Crippen LogP contribution < -0.4 is 0 Å². The molecule has 0 saturated heterocycles. The van der Waals surface area contributed by atoms with Crippen molar-refractivity contribution < 1.29 is 35.5 Å². The fraction of sp³-hybridized carbons (Fsp3) is 1.00. The Morgan fingerprint density at radius 3 is 1.67 bits per heavy atom. The monoisotopic (exact) mass is 274 g/mol. The van der Waals surface area contributed by atoms with Crippen molar-refractivity contribution in [2.24, 2.45) is 0 Å². The molecule has 0 saturated carbocycles. The van der Waals surface area contributed by atoms with Crippen LogP contribution >= 0.6 is 0 Å². The summed E-state index contributed by atoms with van der Waals surface area (Å²) in [5.41, 5.74) is 0. The van der Waals surface area contributed by atoms with E-state index in [0.717, 1.165) is 12.8 Å².